The molecular formula is C17H24BrN3O4S. The standard InChI is InChI=1S/C17H24BrN3O4S/c1-26(23,24)20-10-13-2-7-25-17(9-13)3-5-21(6-4-17)16(22)14-8-15(18)12-19-11-14/h8,11-13,20H,2-7,9-10H2,1H3/t13-/m0/s1. The lowest BCUT2D eigenvalue weighted by molar-refractivity contribution is -0.122. The molecule has 7 nitrogen and oxygen atoms in total. The van der Waals surface area contributed by atoms with Crippen LogP contribution < -0.4 is 4.72 Å². The summed E-state index contributed by atoms with van der Waals surface area (Å²) in [7, 11) is -3.17. The van der Waals surface area contributed by atoms with E-state index in [-0.39, 0.29) is 17.4 Å². The van der Waals surface area contributed by atoms with Gasteiger partial charge < -0.3 is 9.64 Å². The SMILES string of the molecule is CS(=O)(=O)NC[C@H]1CCOC2(CCN(C(=O)c3cncc(Br)c3)CC2)C1. The number of likely N-dealkylation sites (tertiary alicyclic amines) is 1. The summed E-state index contributed by atoms with van der Waals surface area (Å²) in [6.45, 7) is 2.37. The van der Waals surface area contributed by atoms with Gasteiger partial charge in [-0.05, 0) is 53.6 Å². The van der Waals surface area contributed by atoms with Gasteiger partial charge in [-0.1, -0.05) is 0 Å². The maximum absolute atomic E-state index is 12.6. The van der Waals surface area contributed by atoms with Crippen molar-refractivity contribution in [3.63, 3.8) is 0 Å². The number of hydrogen-bond acceptors (Lipinski definition) is 5. The number of rotatable bonds is 4. The van der Waals surface area contributed by atoms with Gasteiger partial charge in [0.15, 0.2) is 0 Å². The monoisotopic (exact) mass is 445 g/mol. The van der Waals surface area contributed by atoms with Gasteiger partial charge in [0.1, 0.15) is 0 Å². The lowest BCUT2D eigenvalue weighted by Gasteiger charge is -2.46. The molecule has 1 N–H and O–H groups in total. The van der Waals surface area contributed by atoms with Crippen LogP contribution in [0.15, 0.2) is 22.9 Å². The molecule has 9 heteroatoms. The molecule has 2 aliphatic heterocycles. The Balaban J connectivity index is 1.57. The van der Waals surface area contributed by atoms with Crippen LogP contribution in [0, 0.1) is 5.92 Å². The van der Waals surface area contributed by atoms with Crippen molar-refractivity contribution in [2.45, 2.75) is 31.3 Å². The molecule has 26 heavy (non-hydrogen) atoms. The van der Waals surface area contributed by atoms with Gasteiger partial charge in [-0.3, -0.25) is 9.78 Å². The van der Waals surface area contributed by atoms with Crippen LogP contribution in [0.1, 0.15) is 36.0 Å². The van der Waals surface area contributed by atoms with Crippen LogP contribution in [0.3, 0.4) is 0 Å². The van der Waals surface area contributed by atoms with Gasteiger partial charge in [0.25, 0.3) is 5.91 Å². The van der Waals surface area contributed by atoms with Crippen molar-refractivity contribution in [1.29, 1.82) is 0 Å². The van der Waals surface area contributed by atoms with Crippen molar-refractivity contribution in [3.05, 3.63) is 28.5 Å². The Morgan fingerprint density at radius 2 is 2.15 bits per heavy atom. The van der Waals surface area contributed by atoms with Crippen LogP contribution in [0.2, 0.25) is 0 Å². The van der Waals surface area contributed by atoms with Gasteiger partial charge in [-0.15, -0.1) is 0 Å². The number of ether oxygens (including phenoxy) is 1. The first-order valence-corrected chi connectivity index (χ1v) is 11.4. The van der Waals surface area contributed by atoms with Gasteiger partial charge in [0.2, 0.25) is 10.0 Å². The number of halogens is 1. The first kappa shape index (κ1) is 19.7. The Bertz CT molecular complexity index is 763. The number of nitrogens with one attached hydrogen (secondary N) is 1. The van der Waals surface area contributed by atoms with Gasteiger partial charge >= 0.3 is 0 Å². The highest BCUT2D eigenvalue weighted by Crippen LogP contribution is 2.37. The van der Waals surface area contributed by atoms with Gasteiger partial charge in [0, 0.05) is 43.1 Å². The fourth-order valence-corrected chi connectivity index (χ4v) is 4.65. The average molecular weight is 446 g/mol. The molecule has 0 bridgehead atoms. The van der Waals surface area contributed by atoms with Crippen LogP contribution >= 0.6 is 15.9 Å². The van der Waals surface area contributed by atoms with Crippen molar-refractivity contribution in [2.24, 2.45) is 5.92 Å². The number of carbonyl (C=O) groups excluding carboxylic acids is 1. The molecule has 1 spiro atoms. The van der Waals surface area contributed by atoms with Crippen molar-refractivity contribution in [1.82, 2.24) is 14.6 Å². The predicted octanol–water partition coefficient (Wildman–Crippen LogP) is 1.79. The van der Waals surface area contributed by atoms with Gasteiger partial charge in [-0.2, -0.15) is 0 Å². The van der Waals surface area contributed by atoms with E-state index in [0.717, 1.165) is 30.2 Å². The molecule has 1 atom stereocenters. The quantitative estimate of drug-likeness (QED) is 0.762. The Morgan fingerprint density at radius 3 is 2.81 bits per heavy atom. The van der Waals surface area contributed by atoms with E-state index in [9.17, 15) is 13.2 Å². The molecule has 144 valence electrons. The number of pyridine rings is 1. The summed E-state index contributed by atoms with van der Waals surface area (Å²) in [5.74, 6) is 0.259. The maximum atomic E-state index is 12.6. The third-order valence-corrected chi connectivity index (χ3v) is 6.27. The first-order valence-electron chi connectivity index (χ1n) is 8.75. The minimum Gasteiger partial charge on any atom is -0.375 e. The number of nitrogens with zero attached hydrogens (tertiary/aromatic N) is 2. The van der Waals surface area contributed by atoms with Crippen molar-refractivity contribution in [3.8, 4) is 0 Å². The Morgan fingerprint density at radius 1 is 1.42 bits per heavy atom. The Labute approximate surface area is 162 Å². The van der Waals surface area contributed by atoms with E-state index in [1.54, 1.807) is 18.5 Å². The van der Waals surface area contributed by atoms with E-state index < -0.39 is 10.0 Å². The van der Waals surface area contributed by atoms with E-state index in [1.807, 2.05) is 4.90 Å². The number of amides is 1. The number of hydrogen-bond donors (Lipinski definition) is 1. The zero-order chi connectivity index (χ0) is 18.8. The molecule has 2 aliphatic rings. The van der Waals surface area contributed by atoms with Crippen molar-refractivity contribution < 1.29 is 17.9 Å². The predicted molar refractivity (Wildman–Crippen MR) is 101 cm³/mol. The molecule has 3 rings (SSSR count). The Hall–Kier alpha value is -1.03. The zero-order valence-corrected chi connectivity index (χ0v) is 17.2. The molecule has 0 aliphatic carbocycles. The summed E-state index contributed by atoms with van der Waals surface area (Å²) in [4.78, 5) is 18.6. The van der Waals surface area contributed by atoms with E-state index >= 15 is 0 Å². The summed E-state index contributed by atoms with van der Waals surface area (Å²) < 4.78 is 32.1. The lowest BCUT2D eigenvalue weighted by Crippen LogP contribution is -2.51. The highest BCUT2D eigenvalue weighted by molar-refractivity contribution is 9.10. The highest BCUT2D eigenvalue weighted by atomic mass is 79.9. The van der Waals surface area contributed by atoms with Crippen LogP contribution in [-0.4, -0.2) is 62.3 Å². The van der Waals surface area contributed by atoms with E-state index in [2.05, 4.69) is 25.6 Å². The number of carbonyl (C=O) groups is 1. The largest absolute Gasteiger partial charge is 0.375 e. The third-order valence-electron chi connectivity index (χ3n) is 5.14. The molecule has 0 unspecified atom stereocenters. The minimum atomic E-state index is -3.17. The molecule has 1 amide bonds. The summed E-state index contributed by atoms with van der Waals surface area (Å²) in [6, 6.07) is 1.78. The second kappa shape index (κ2) is 7.92. The molecule has 2 saturated heterocycles. The second-order valence-corrected chi connectivity index (χ2v) is 9.94. The number of sulfonamides is 1. The van der Waals surface area contributed by atoms with E-state index in [1.165, 1.54) is 6.26 Å². The smallest absolute Gasteiger partial charge is 0.255 e. The fraction of sp³-hybridized carbons (Fsp3) is 0.647. The molecule has 0 saturated carbocycles. The zero-order valence-electron chi connectivity index (χ0n) is 14.8. The second-order valence-electron chi connectivity index (χ2n) is 7.19. The van der Waals surface area contributed by atoms with Crippen LogP contribution in [0.5, 0.6) is 0 Å². The molecular weight excluding hydrogens is 422 g/mol. The highest BCUT2D eigenvalue weighted by Gasteiger charge is 2.41. The summed E-state index contributed by atoms with van der Waals surface area (Å²) >= 11 is 3.35. The topological polar surface area (TPSA) is 88.6 Å². The first-order chi connectivity index (χ1) is 12.3. The van der Waals surface area contributed by atoms with Crippen LogP contribution in [-0.2, 0) is 14.8 Å². The minimum absolute atomic E-state index is 0.0141. The number of piperidine rings is 1. The molecule has 1 aromatic heterocycles. The lowest BCUT2D eigenvalue weighted by atomic mass is 9.79. The normalized spacial score (nSPS) is 23.2. The molecule has 0 aromatic carbocycles. The summed E-state index contributed by atoms with van der Waals surface area (Å²) in [5, 5.41) is 0. The van der Waals surface area contributed by atoms with E-state index in [0.29, 0.717) is 31.8 Å². The molecule has 1 aromatic rings. The van der Waals surface area contributed by atoms with Crippen molar-refractivity contribution in [2.75, 3.05) is 32.5 Å². The third kappa shape index (κ3) is 5.03. The maximum Gasteiger partial charge on any atom is 0.255 e. The van der Waals surface area contributed by atoms with Crippen molar-refractivity contribution >= 4 is 31.9 Å². The average Bonchev–Trinajstić information content (AvgIpc) is 2.60. The summed E-state index contributed by atoms with van der Waals surface area (Å²) in [6.07, 6.45) is 7.66. The van der Waals surface area contributed by atoms with E-state index in [4.69, 9.17) is 4.74 Å². The molecule has 3 heterocycles. The van der Waals surface area contributed by atoms with Gasteiger partial charge in [0.05, 0.1) is 17.4 Å². The number of aromatic nitrogens is 1. The summed E-state index contributed by atoms with van der Waals surface area (Å²) in [5.41, 5.74) is 0.337. The molecule has 2 fully saturated rings. The molecule has 0 radical (unpaired) electrons. The van der Waals surface area contributed by atoms with Gasteiger partial charge in [-0.25, -0.2) is 13.1 Å². The fourth-order valence-electron chi connectivity index (χ4n) is 3.75. The Kier molecular flexibility index (Phi) is 6.01. The van der Waals surface area contributed by atoms with Crippen LogP contribution in [0.25, 0.3) is 0 Å². The van der Waals surface area contributed by atoms with Crippen LogP contribution in [0.4, 0.5) is 0 Å².